The van der Waals surface area contributed by atoms with Gasteiger partial charge in [-0.3, -0.25) is 9.69 Å². The van der Waals surface area contributed by atoms with E-state index in [-0.39, 0.29) is 36.4 Å². The molecule has 2 aromatic rings. The molecule has 6 nitrogen and oxygen atoms in total. The fourth-order valence-electron chi connectivity index (χ4n) is 4.72. The molecule has 1 aromatic heterocycles. The van der Waals surface area contributed by atoms with E-state index in [0.717, 1.165) is 24.8 Å². The minimum atomic E-state index is -0.327. The smallest absolute Gasteiger partial charge is 0.259 e. The van der Waals surface area contributed by atoms with Gasteiger partial charge in [0, 0.05) is 37.3 Å². The van der Waals surface area contributed by atoms with Gasteiger partial charge in [-0.15, -0.1) is 0 Å². The molecule has 0 saturated heterocycles. The lowest BCUT2D eigenvalue weighted by Gasteiger charge is -2.37. The number of rotatable bonds is 7. The highest BCUT2D eigenvalue weighted by molar-refractivity contribution is 5.97. The Bertz CT molecular complexity index is 1060. The third-order valence-electron chi connectivity index (χ3n) is 6.82. The highest BCUT2D eigenvalue weighted by atomic mass is 19.1. The van der Waals surface area contributed by atoms with Gasteiger partial charge in [-0.2, -0.15) is 0 Å². The number of pyridine rings is 1. The molecule has 0 bridgehead atoms. The van der Waals surface area contributed by atoms with E-state index in [1.165, 1.54) is 11.6 Å². The highest BCUT2D eigenvalue weighted by Crippen LogP contribution is 2.32. The summed E-state index contributed by atoms with van der Waals surface area (Å²) in [5, 5.41) is 9.84. The molecule has 1 amide bonds. The molecule has 0 spiro atoms. The lowest BCUT2D eigenvalue weighted by atomic mass is 9.99. The van der Waals surface area contributed by atoms with E-state index in [1.807, 2.05) is 37.9 Å². The maximum absolute atomic E-state index is 14.2. The maximum atomic E-state index is 14.2. The SMILES string of the molecule is C[C@@H]1CN([C@H](C)CO)C(=O)c2cc(C3=CCCC3)cnc2O[C@@H]1CN(C)Cc1ccccc1F. The largest absolute Gasteiger partial charge is 0.472 e. The van der Waals surface area contributed by atoms with Crippen molar-refractivity contribution in [1.29, 1.82) is 0 Å². The minimum absolute atomic E-state index is 0.0202. The van der Waals surface area contributed by atoms with Crippen molar-refractivity contribution in [2.24, 2.45) is 5.92 Å². The van der Waals surface area contributed by atoms with Crippen LogP contribution < -0.4 is 4.74 Å². The third-order valence-corrected chi connectivity index (χ3v) is 6.82. The number of likely N-dealkylation sites (N-methyl/N-ethyl adjacent to an activating group) is 1. The Kier molecular flexibility index (Phi) is 7.63. The second-order valence-corrected chi connectivity index (χ2v) is 9.61. The van der Waals surface area contributed by atoms with Crippen molar-refractivity contribution in [1.82, 2.24) is 14.8 Å². The molecule has 1 aromatic carbocycles. The normalized spacial score (nSPS) is 21.5. The van der Waals surface area contributed by atoms with Gasteiger partial charge >= 0.3 is 0 Å². The van der Waals surface area contributed by atoms with E-state index in [4.69, 9.17) is 4.74 Å². The van der Waals surface area contributed by atoms with Crippen LogP contribution in [0.4, 0.5) is 4.39 Å². The zero-order valence-corrected chi connectivity index (χ0v) is 20.2. The number of aliphatic hydroxyl groups is 1. The molecule has 2 heterocycles. The number of halogens is 1. The first-order valence-corrected chi connectivity index (χ1v) is 12.1. The van der Waals surface area contributed by atoms with Crippen molar-refractivity contribution in [3.8, 4) is 5.88 Å². The van der Waals surface area contributed by atoms with Gasteiger partial charge < -0.3 is 14.7 Å². The Hall–Kier alpha value is -2.77. The first-order chi connectivity index (χ1) is 16.4. The third kappa shape index (κ3) is 5.31. The number of carbonyl (C=O) groups excluding carboxylic acids is 1. The van der Waals surface area contributed by atoms with Crippen LogP contribution >= 0.6 is 0 Å². The van der Waals surface area contributed by atoms with E-state index < -0.39 is 0 Å². The molecule has 0 saturated carbocycles. The van der Waals surface area contributed by atoms with Crippen LogP contribution in [-0.4, -0.2) is 64.7 Å². The highest BCUT2D eigenvalue weighted by Gasteiger charge is 2.34. The molecule has 34 heavy (non-hydrogen) atoms. The first kappa shape index (κ1) is 24.4. The summed E-state index contributed by atoms with van der Waals surface area (Å²) in [7, 11) is 1.94. The fraction of sp³-hybridized carbons (Fsp3) is 0.481. The molecule has 182 valence electrons. The zero-order chi connectivity index (χ0) is 24.2. The summed E-state index contributed by atoms with van der Waals surface area (Å²) in [6.07, 6.45) is 6.86. The van der Waals surface area contributed by atoms with E-state index in [9.17, 15) is 14.3 Å². The minimum Gasteiger partial charge on any atom is -0.472 e. The molecule has 0 radical (unpaired) electrons. The summed E-state index contributed by atoms with van der Waals surface area (Å²) in [6, 6.07) is 8.33. The second kappa shape index (κ2) is 10.7. The number of benzene rings is 1. The number of allylic oxidation sites excluding steroid dienone is 2. The fourth-order valence-corrected chi connectivity index (χ4v) is 4.72. The number of aromatic nitrogens is 1. The summed E-state index contributed by atoms with van der Waals surface area (Å²) in [5.74, 6) is -0.101. The Morgan fingerprint density at radius 2 is 2.15 bits per heavy atom. The van der Waals surface area contributed by atoms with Gasteiger partial charge in [-0.05, 0) is 56.5 Å². The topological polar surface area (TPSA) is 65.9 Å². The molecular formula is C27H34FN3O3. The molecular weight excluding hydrogens is 433 g/mol. The van der Waals surface area contributed by atoms with Gasteiger partial charge in [-0.1, -0.05) is 31.2 Å². The van der Waals surface area contributed by atoms with E-state index in [2.05, 4.69) is 11.1 Å². The van der Waals surface area contributed by atoms with Crippen molar-refractivity contribution in [2.75, 3.05) is 26.7 Å². The summed E-state index contributed by atoms with van der Waals surface area (Å²) in [4.78, 5) is 21.9. The summed E-state index contributed by atoms with van der Waals surface area (Å²) < 4.78 is 20.5. The van der Waals surface area contributed by atoms with Gasteiger partial charge in [0.15, 0.2) is 0 Å². The average Bonchev–Trinajstić information content (AvgIpc) is 3.37. The number of ether oxygens (including phenoxy) is 1. The molecule has 4 rings (SSSR count). The van der Waals surface area contributed by atoms with Crippen LogP contribution in [-0.2, 0) is 6.54 Å². The van der Waals surface area contributed by atoms with Crippen LogP contribution in [0.25, 0.3) is 5.57 Å². The van der Waals surface area contributed by atoms with Gasteiger partial charge in [0.2, 0.25) is 5.88 Å². The van der Waals surface area contributed by atoms with Crippen LogP contribution in [0.3, 0.4) is 0 Å². The van der Waals surface area contributed by atoms with Gasteiger partial charge in [0.05, 0.1) is 12.6 Å². The molecule has 2 aliphatic rings. The number of fused-ring (bicyclic) bond motifs is 1. The predicted molar refractivity (Wildman–Crippen MR) is 130 cm³/mol. The number of hydrogen-bond acceptors (Lipinski definition) is 5. The second-order valence-electron chi connectivity index (χ2n) is 9.61. The molecule has 1 aliphatic heterocycles. The van der Waals surface area contributed by atoms with Crippen LogP contribution in [0.2, 0.25) is 0 Å². The Balaban J connectivity index is 1.62. The summed E-state index contributed by atoms with van der Waals surface area (Å²) >= 11 is 0. The molecule has 0 fully saturated rings. The molecule has 0 unspecified atom stereocenters. The molecule has 3 atom stereocenters. The first-order valence-electron chi connectivity index (χ1n) is 12.1. The van der Waals surface area contributed by atoms with Gasteiger partial charge in [0.1, 0.15) is 17.5 Å². The van der Waals surface area contributed by atoms with Crippen molar-refractivity contribution >= 4 is 11.5 Å². The van der Waals surface area contributed by atoms with Gasteiger partial charge in [-0.25, -0.2) is 9.37 Å². The zero-order valence-electron chi connectivity index (χ0n) is 20.2. The summed E-state index contributed by atoms with van der Waals surface area (Å²) in [6.45, 7) is 5.20. The monoisotopic (exact) mass is 467 g/mol. The lowest BCUT2D eigenvalue weighted by Crippen LogP contribution is -2.49. The quantitative estimate of drug-likeness (QED) is 0.663. The predicted octanol–water partition coefficient (Wildman–Crippen LogP) is 4.14. The molecule has 1 N–H and O–H groups in total. The van der Waals surface area contributed by atoms with Crippen molar-refractivity contribution < 1.29 is 19.0 Å². The standard InChI is InChI=1S/C27H34FN3O3/c1-18-14-31(19(2)17-32)27(33)23-12-22(20-8-4-5-9-20)13-29-26(23)34-25(18)16-30(3)15-21-10-6-7-11-24(21)28/h6-8,10-13,18-19,25,32H,4-5,9,14-17H2,1-3H3/t18-,19-,25-/m1/s1. The maximum Gasteiger partial charge on any atom is 0.259 e. The number of amides is 1. The number of carbonyl (C=O) groups is 1. The Morgan fingerprint density at radius 3 is 2.85 bits per heavy atom. The molecule has 7 heteroatoms. The lowest BCUT2D eigenvalue weighted by molar-refractivity contribution is 0.0324. The van der Waals surface area contributed by atoms with Gasteiger partial charge in [0.25, 0.3) is 5.91 Å². The van der Waals surface area contributed by atoms with Crippen LogP contribution in [0, 0.1) is 11.7 Å². The van der Waals surface area contributed by atoms with Crippen molar-refractivity contribution in [3.05, 3.63) is 65.1 Å². The average molecular weight is 468 g/mol. The number of aliphatic hydroxyl groups excluding tert-OH is 1. The van der Waals surface area contributed by atoms with Crippen LogP contribution in [0.5, 0.6) is 5.88 Å². The number of hydrogen-bond donors (Lipinski definition) is 1. The van der Waals surface area contributed by atoms with Crippen LogP contribution in [0.15, 0.2) is 42.6 Å². The van der Waals surface area contributed by atoms with E-state index in [0.29, 0.717) is 36.6 Å². The van der Waals surface area contributed by atoms with E-state index >= 15 is 0 Å². The van der Waals surface area contributed by atoms with Crippen LogP contribution in [0.1, 0.15) is 54.6 Å². The summed E-state index contributed by atoms with van der Waals surface area (Å²) in [5.41, 5.74) is 3.22. The molecule has 1 aliphatic carbocycles. The Labute approximate surface area is 201 Å². The Morgan fingerprint density at radius 1 is 1.35 bits per heavy atom. The number of nitrogens with zero attached hydrogens (tertiary/aromatic N) is 3. The van der Waals surface area contributed by atoms with Crippen molar-refractivity contribution in [2.45, 2.75) is 51.8 Å². The van der Waals surface area contributed by atoms with E-state index in [1.54, 1.807) is 23.2 Å². The van der Waals surface area contributed by atoms with Crippen molar-refractivity contribution in [3.63, 3.8) is 0 Å².